The van der Waals surface area contributed by atoms with Gasteiger partial charge in [0.2, 0.25) is 0 Å². The van der Waals surface area contributed by atoms with Crippen LogP contribution in [0.2, 0.25) is 0 Å². The van der Waals surface area contributed by atoms with Crippen LogP contribution < -0.4 is 0 Å². The van der Waals surface area contributed by atoms with Gasteiger partial charge in [0.25, 0.3) is 0 Å². The summed E-state index contributed by atoms with van der Waals surface area (Å²) in [6.45, 7) is 9.22. The van der Waals surface area contributed by atoms with Gasteiger partial charge in [-0.1, -0.05) is 26.0 Å². The molecule has 2 aromatic rings. The highest BCUT2D eigenvalue weighted by molar-refractivity contribution is 6.03. The van der Waals surface area contributed by atoms with Gasteiger partial charge in [0.1, 0.15) is 0 Å². The largest absolute Gasteiger partial charge is 0.478 e. The number of hydrogen-bond donors (Lipinski definition) is 1. The SMILES string of the molecule is CCO[C@H]1CCN(CC(C)C)[C@H](c2ccc(C(=O)O)c3cccnc23)C1. The standard InChI is InChI=1S/C21H28N2O3/c1-4-26-15-9-11-23(13-14(2)3)19(12-15)18-8-7-17(21(24)25)16-6-5-10-22-20(16)18/h5-8,10,14-15,19H,4,9,11-13H2,1-3H3,(H,24,25)/t15-,19-/m0/s1. The number of fused-ring (bicyclic) bond motifs is 1. The highest BCUT2D eigenvalue weighted by Gasteiger charge is 2.32. The van der Waals surface area contributed by atoms with E-state index in [-0.39, 0.29) is 12.1 Å². The molecule has 1 aliphatic heterocycles. The molecule has 0 radical (unpaired) electrons. The van der Waals surface area contributed by atoms with E-state index >= 15 is 0 Å². The molecule has 0 unspecified atom stereocenters. The number of nitrogens with zero attached hydrogens (tertiary/aromatic N) is 2. The van der Waals surface area contributed by atoms with E-state index in [1.54, 1.807) is 18.3 Å². The monoisotopic (exact) mass is 356 g/mol. The van der Waals surface area contributed by atoms with Crippen LogP contribution >= 0.6 is 0 Å². The van der Waals surface area contributed by atoms with Gasteiger partial charge in [0, 0.05) is 37.3 Å². The van der Waals surface area contributed by atoms with Crippen molar-refractivity contribution in [1.82, 2.24) is 9.88 Å². The molecule has 5 nitrogen and oxygen atoms in total. The molecule has 0 bridgehead atoms. The number of carbonyl (C=O) groups is 1. The first-order valence-corrected chi connectivity index (χ1v) is 9.47. The molecular weight excluding hydrogens is 328 g/mol. The lowest BCUT2D eigenvalue weighted by Gasteiger charge is -2.40. The van der Waals surface area contributed by atoms with Crippen molar-refractivity contribution < 1.29 is 14.6 Å². The highest BCUT2D eigenvalue weighted by Crippen LogP contribution is 2.36. The van der Waals surface area contributed by atoms with E-state index in [1.807, 2.05) is 19.1 Å². The van der Waals surface area contributed by atoms with Crippen molar-refractivity contribution in [3.05, 3.63) is 41.6 Å². The number of carboxylic acids is 1. The van der Waals surface area contributed by atoms with Crippen molar-refractivity contribution in [3.63, 3.8) is 0 Å². The van der Waals surface area contributed by atoms with Crippen molar-refractivity contribution in [1.29, 1.82) is 0 Å². The number of aromatic carboxylic acids is 1. The zero-order valence-corrected chi connectivity index (χ0v) is 15.8. The van der Waals surface area contributed by atoms with E-state index in [1.165, 1.54) is 0 Å². The second-order valence-corrected chi connectivity index (χ2v) is 7.41. The second-order valence-electron chi connectivity index (χ2n) is 7.41. The Labute approximate surface area is 155 Å². The van der Waals surface area contributed by atoms with Crippen molar-refractivity contribution >= 4 is 16.9 Å². The molecule has 1 aromatic carbocycles. The van der Waals surface area contributed by atoms with E-state index in [4.69, 9.17) is 4.74 Å². The average molecular weight is 356 g/mol. The highest BCUT2D eigenvalue weighted by atomic mass is 16.5. The minimum absolute atomic E-state index is 0.197. The summed E-state index contributed by atoms with van der Waals surface area (Å²) in [6, 6.07) is 7.52. The lowest BCUT2D eigenvalue weighted by Crippen LogP contribution is -2.41. The van der Waals surface area contributed by atoms with Gasteiger partial charge in [0.15, 0.2) is 0 Å². The van der Waals surface area contributed by atoms with Gasteiger partial charge in [-0.2, -0.15) is 0 Å². The molecule has 0 saturated carbocycles. The lowest BCUT2D eigenvalue weighted by atomic mass is 9.89. The van der Waals surface area contributed by atoms with Crippen molar-refractivity contribution in [3.8, 4) is 0 Å². The van der Waals surface area contributed by atoms with Crippen LogP contribution in [0.4, 0.5) is 0 Å². The van der Waals surface area contributed by atoms with Crippen LogP contribution in [-0.2, 0) is 4.74 Å². The minimum atomic E-state index is -0.913. The molecule has 5 heteroatoms. The molecule has 2 heterocycles. The fraction of sp³-hybridized carbons (Fsp3) is 0.524. The van der Waals surface area contributed by atoms with Crippen LogP contribution in [0.3, 0.4) is 0 Å². The van der Waals surface area contributed by atoms with Crippen LogP contribution in [-0.4, -0.2) is 46.8 Å². The first-order chi connectivity index (χ1) is 12.5. The summed E-state index contributed by atoms with van der Waals surface area (Å²) in [4.78, 5) is 18.6. The van der Waals surface area contributed by atoms with Gasteiger partial charge in [-0.25, -0.2) is 4.79 Å². The Morgan fingerprint density at radius 2 is 2.19 bits per heavy atom. The Bertz CT molecular complexity index is 775. The fourth-order valence-corrected chi connectivity index (χ4v) is 4.03. The Hall–Kier alpha value is -1.98. The summed E-state index contributed by atoms with van der Waals surface area (Å²) >= 11 is 0. The van der Waals surface area contributed by atoms with Crippen LogP contribution in [0.5, 0.6) is 0 Å². The molecule has 0 aliphatic carbocycles. The molecule has 1 aliphatic rings. The number of pyridine rings is 1. The number of benzene rings is 1. The number of carboxylic acid groups (broad SMARTS) is 1. The molecule has 140 valence electrons. The van der Waals surface area contributed by atoms with Crippen LogP contribution in [0.15, 0.2) is 30.5 Å². The maximum absolute atomic E-state index is 11.6. The summed E-state index contributed by atoms with van der Waals surface area (Å²) in [5.74, 6) is -0.344. The quantitative estimate of drug-likeness (QED) is 0.843. The zero-order valence-electron chi connectivity index (χ0n) is 15.8. The van der Waals surface area contributed by atoms with E-state index < -0.39 is 5.97 Å². The number of ether oxygens (including phenoxy) is 1. The lowest BCUT2D eigenvalue weighted by molar-refractivity contribution is -0.0139. The fourth-order valence-electron chi connectivity index (χ4n) is 4.03. The summed E-state index contributed by atoms with van der Waals surface area (Å²) in [5.41, 5.74) is 2.21. The summed E-state index contributed by atoms with van der Waals surface area (Å²) in [5, 5.41) is 10.2. The molecule has 1 saturated heterocycles. The molecular formula is C21H28N2O3. The molecule has 0 amide bonds. The first kappa shape index (κ1) is 18.8. The van der Waals surface area contributed by atoms with Gasteiger partial charge in [0.05, 0.1) is 17.2 Å². The molecule has 1 N–H and O–H groups in total. The predicted molar refractivity (Wildman–Crippen MR) is 103 cm³/mol. The molecule has 1 fully saturated rings. The topological polar surface area (TPSA) is 62.7 Å². The molecule has 0 spiro atoms. The van der Waals surface area contributed by atoms with Gasteiger partial charge in [-0.05, 0) is 43.4 Å². The maximum Gasteiger partial charge on any atom is 0.336 e. The number of hydrogen-bond acceptors (Lipinski definition) is 4. The third kappa shape index (κ3) is 3.89. The third-order valence-electron chi connectivity index (χ3n) is 5.06. The number of likely N-dealkylation sites (tertiary alicyclic amines) is 1. The van der Waals surface area contributed by atoms with Gasteiger partial charge < -0.3 is 9.84 Å². The smallest absolute Gasteiger partial charge is 0.336 e. The van der Waals surface area contributed by atoms with Crippen molar-refractivity contribution in [2.75, 3.05) is 19.7 Å². The van der Waals surface area contributed by atoms with E-state index in [0.29, 0.717) is 16.9 Å². The number of aromatic nitrogens is 1. The summed E-state index contributed by atoms with van der Waals surface area (Å²) < 4.78 is 5.92. The van der Waals surface area contributed by atoms with Crippen molar-refractivity contribution in [2.45, 2.75) is 45.8 Å². The zero-order chi connectivity index (χ0) is 18.7. The molecule has 3 rings (SSSR count). The normalized spacial score (nSPS) is 21.4. The van der Waals surface area contributed by atoms with Crippen LogP contribution in [0, 0.1) is 5.92 Å². The Balaban J connectivity index is 2.05. The Morgan fingerprint density at radius 1 is 1.38 bits per heavy atom. The number of piperidine rings is 1. The van der Waals surface area contributed by atoms with E-state index in [0.717, 1.165) is 43.6 Å². The Kier molecular flexibility index (Phi) is 5.89. The van der Waals surface area contributed by atoms with E-state index in [2.05, 4.69) is 23.7 Å². The third-order valence-corrected chi connectivity index (χ3v) is 5.06. The van der Waals surface area contributed by atoms with Crippen molar-refractivity contribution in [2.24, 2.45) is 5.92 Å². The van der Waals surface area contributed by atoms with Gasteiger partial charge >= 0.3 is 5.97 Å². The van der Waals surface area contributed by atoms with Gasteiger partial charge in [-0.15, -0.1) is 0 Å². The Morgan fingerprint density at radius 3 is 2.88 bits per heavy atom. The first-order valence-electron chi connectivity index (χ1n) is 9.47. The molecule has 26 heavy (non-hydrogen) atoms. The average Bonchev–Trinajstić information content (AvgIpc) is 2.62. The molecule has 1 aromatic heterocycles. The summed E-state index contributed by atoms with van der Waals surface area (Å²) in [7, 11) is 0. The predicted octanol–water partition coefficient (Wildman–Crippen LogP) is 4.13. The number of rotatable bonds is 6. The van der Waals surface area contributed by atoms with Crippen LogP contribution in [0.1, 0.15) is 55.6 Å². The molecule has 2 atom stereocenters. The van der Waals surface area contributed by atoms with Crippen LogP contribution in [0.25, 0.3) is 10.9 Å². The van der Waals surface area contributed by atoms with Gasteiger partial charge in [-0.3, -0.25) is 9.88 Å². The van der Waals surface area contributed by atoms with E-state index in [9.17, 15) is 9.90 Å². The second kappa shape index (κ2) is 8.14. The summed E-state index contributed by atoms with van der Waals surface area (Å²) in [6.07, 6.45) is 3.94. The maximum atomic E-state index is 11.6. The minimum Gasteiger partial charge on any atom is -0.478 e.